The highest BCUT2D eigenvalue weighted by Crippen LogP contribution is 2.30. The van der Waals surface area contributed by atoms with Crippen LogP contribution in [0.25, 0.3) is 5.82 Å². The van der Waals surface area contributed by atoms with Gasteiger partial charge in [-0.05, 0) is 42.7 Å². The molecule has 0 radical (unpaired) electrons. The predicted octanol–water partition coefficient (Wildman–Crippen LogP) is 2.53. The first-order chi connectivity index (χ1) is 13.1. The lowest BCUT2D eigenvalue weighted by Crippen LogP contribution is -2.39. The molecule has 27 heavy (non-hydrogen) atoms. The number of aromatic nitrogens is 4. The summed E-state index contributed by atoms with van der Waals surface area (Å²) in [6.07, 6.45) is 4.64. The number of rotatable bonds is 3. The van der Waals surface area contributed by atoms with Crippen molar-refractivity contribution in [1.29, 1.82) is 0 Å². The topological polar surface area (TPSA) is 84.1 Å². The van der Waals surface area contributed by atoms with Crippen molar-refractivity contribution in [2.45, 2.75) is 18.8 Å². The van der Waals surface area contributed by atoms with E-state index in [0.29, 0.717) is 24.6 Å². The van der Waals surface area contributed by atoms with Gasteiger partial charge in [0.2, 0.25) is 0 Å². The van der Waals surface area contributed by atoms with Crippen LogP contribution in [-0.4, -0.2) is 48.8 Å². The number of halogens is 1. The van der Waals surface area contributed by atoms with E-state index in [-0.39, 0.29) is 17.6 Å². The molecule has 1 amide bonds. The van der Waals surface area contributed by atoms with E-state index in [1.165, 1.54) is 29.5 Å². The lowest BCUT2D eigenvalue weighted by molar-refractivity contribution is 0.0701. The molecule has 3 aromatic rings. The van der Waals surface area contributed by atoms with E-state index in [0.717, 1.165) is 18.4 Å². The first kappa shape index (κ1) is 17.1. The van der Waals surface area contributed by atoms with Crippen LogP contribution in [-0.2, 0) is 0 Å². The third-order valence-electron chi connectivity index (χ3n) is 4.76. The maximum absolute atomic E-state index is 13.3. The number of likely N-dealkylation sites (tertiary alicyclic amines) is 1. The monoisotopic (exact) mass is 367 g/mol. The Kier molecular flexibility index (Phi) is 4.53. The van der Waals surface area contributed by atoms with Crippen molar-refractivity contribution in [1.82, 2.24) is 24.6 Å². The number of piperidine rings is 1. The quantitative estimate of drug-likeness (QED) is 0.769. The minimum absolute atomic E-state index is 0.0488. The number of carbonyl (C=O) groups excluding carboxylic acids is 1. The van der Waals surface area contributed by atoms with Gasteiger partial charge in [-0.2, -0.15) is 5.10 Å². The predicted molar refractivity (Wildman–Crippen MR) is 95.1 cm³/mol. The molecule has 4 rings (SSSR count). The number of nitrogens with zero attached hydrogens (tertiary/aromatic N) is 5. The van der Waals surface area contributed by atoms with Crippen molar-refractivity contribution in [3.8, 4) is 11.6 Å². The van der Waals surface area contributed by atoms with Gasteiger partial charge in [0.1, 0.15) is 18.3 Å². The highest BCUT2D eigenvalue weighted by molar-refractivity contribution is 5.92. The van der Waals surface area contributed by atoms with Crippen molar-refractivity contribution in [3.05, 3.63) is 66.1 Å². The number of aromatic hydroxyl groups is 1. The fourth-order valence-electron chi connectivity index (χ4n) is 3.38. The highest BCUT2D eigenvalue weighted by atomic mass is 19.1. The number of pyridine rings is 1. The SMILES string of the molecule is O=C(c1cccc(-n2cncn2)n1)N1CCCC(c2ccc(F)c(O)c2)C1. The summed E-state index contributed by atoms with van der Waals surface area (Å²) >= 11 is 0. The van der Waals surface area contributed by atoms with Gasteiger partial charge >= 0.3 is 0 Å². The first-order valence-corrected chi connectivity index (χ1v) is 8.71. The second-order valence-corrected chi connectivity index (χ2v) is 6.52. The van der Waals surface area contributed by atoms with Crippen molar-refractivity contribution in [2.75, 3.05) is 13.1 Å². The van der Waals surface area contributed by atoms with Gasteiger partial charge in [-0.15, -0.1) is 0 Å². The summed E-state index contributed by atoms with van der Waals surface area (Å²) in [6, 6.07) is 9.56. The molecule has 0 bridgehead atoms. The Morgan fingerprint density at radius 2 is 2.15 bits per heavy atom. The van der Waals surface area contributed by atoms with Gasteiger partial charge < -0.3 is 10.0 Å². The van der Waals surface area contributed by atoms with E-state index >= 15 is 0 Å². The molecule has 1 fully saturated rings. The van der Waals surface area contributed by atoms with Crippen LogP contribution < -0.4 is 0 Å². The van der Waals surface area contributed by atoms with Crippen molar-refractivity contribution in [3.63, 3.8) is 0 Å². The summed E-state index contributed by atoms with van der Waals surface area (Å²) < 4.78 is 14.8. The van der Waals surface area contributed by atoms with Gasteiger partial charge in [-0.25, -0.2) is 19.0 Å². The Hall–Kier alpha value is -3.29. The Morgan fingerprint density at radius 1 is 1.26 bits per heavy atom. The summed E-state index contributed by atoms with van der Waals surface area (Å²) in [5.74, 6) is -0.592. The summed E-state index contributed by atoms with van der Waals surface area (Å²) in [5, 5.41) is 13.7. The van der Waals surface area contributed by atoms with Crippen molar-refractivity contribution < 1.29 is 14.3 Å². The Morgan fingerprint density at radius 3 is 2.93 bits per heavy atom. The molecule has 1 unspecified atom stereocenters. The third kappa shape index (κ3) is 3.51. The van der Waals surface area contributed by atoms with Crippen LogP contribution in [0.2, 0.25) is 0 Å². The van der Waals surface area contributed by atoms with Crippen LogP contribution in [0.5, 0.6) is 5.75 Å². The fraction of sp³-hybridized carbons (Fsp3) is 0.263. The average Bonchev–Trinajstić information content (AvgIpc) is 3.25. The van der Waals surface area contributed by atoms with Gasteiger partial charge in [0.15, 0.2) is 17.4 Å². The number of phenols is 1. The minimum atomic E-state index is -0.642. The van der Waals surface area contributed by atoms with Crippen LogP contribution in [0.4, 0.5) is 4.39 Å². The molecule has 1 aliphatic heterocycles. The zero-order chi connectivity index (χ0) is 18.8. The number of carbonyl (C=O) groups is 1. The number of benzene rings is 1. The maximum Gasteiger partial charge on any atom is 0.272 e. The molecule has 2 aromatic heterocycles. The molecule has 1 aliphatic rings. The summed E-state index contributed by atoms with van der Waals surface area (Å²) in [5.41, 5.74) is 1.17. The first-order valence-electron chi connectivity index (χ1n) is 8.71. The number of hydrogen-bond donors (Lipinski definition) is 1. The molecule has 3 heterocycles. The molecule has 8 heteroatoms. The van der Waals surface area contributed by atoms with E-state index in [1.54, 1.807) is 29.2 Å². The molecule has 1 atom stereocenters. The Balaban J connectivity index is 1.53. The number of phenolic OH excluding ortho intramolecular Hbond substituents is 1. The largest absolute Gasteiger partial charge is 0.505 e. The molecule has 0 saturated carbocycles. The Labute approximate surface area is 155 Å². The molecule has 1 N–H and O–H groups in total. The van der Waals surface area contributed by atoms with Crippen LogP contribution in [0, 0.1) is 5.82 Å². The van der Waals surface area contributed by atoms with Gasteiger partial charge in [0.25, 0.3) is 5.91 Å². The molecule has 0 spiro atoms. The van der Waals surface area contributed by atoms with E-state index in [1.807, 2.05) is 0 Å². The molecular formula is C19H18FN5O2. The maximum atomic E-state index is 13.3. The second-order valence-electron chi connectivity index (χ2n) is 6.52. The molecule has 1 saturated heterocycles. The standard InChI is InChI=1S/C19H18FN5O2/c20-15-7-6-13(9-17(15)26)14-3-2-8-24(10-14)19(27)16-4-1-5-18(23-16)25-12-21-11-22-25/h1,4-7,9,11-12,14,26H,2-3,8,10H2. The lowest BCUT2D eigenvalue weighted by Gasteiger charge is -2.33. The number of hydrogen-bond acceptors (Lipinski definition) is 5. The minimum Gasteiger partial charge on any atom is -0.505 e. The van der Waals surface area contributed by atoms with Gasteiger partial charge in [-0.3, -0.25) is 4.79 Å². The van der Waals surface area contributed by atoms with Gasteiger partial charge in [-0.1, -0.05) is 12.1 Å². The molecular weight excluding hydrogens is 349 g/mol. The fourth-order valence-corrected chi connectivity index (χ4v) is 3.38. The van der Waals surface area contributed by atoms with Gasteiger partial charge in [0.05, 0.1) is 0 Å². The van der Waals surface area contributed by atoms with E-state index in [9.17, 15) is 14.3 Å². The highest BCUT2D eigenvalue weighted by Gasteiger charge is 2.27. The van der Waals surface area contributed by atoms with Crippen LogP contribution in [0.1, 0.15) is 34.8 Å². The average molecular weight is 367 g/mol. The normalized spacial score (nSPS) is 17.1. The number of amides is 1. The van der Waals surface area contributed by atoms with Crippen LogP contribution >= 0.6 is 0 Å². The van der Waals surface area contributed by atoms with Crippen molar-refractivity contribution >= 4 is 5.91 Å². The second kappa shape index (κ2) is 7.14. The van der Waals surface area contributed by atoms with E-state index in [4.69, 9.17) is 0 Å². The van der Waals surface area contributed by atoms with E-state index < -0.39 is 5.82 Å². The Bertz CT molecular complexity index is 960. The molecule has 0 aliphatic carbocycles. The zero-order valence-electron chi connectivity index (χ0n) is 14.5. The smallest absolute Gasteiger partial charge is 0.272 e. The lowest BCUT2D eigenvalue weighted by atomic mass is 9.90. The molecule has 7 nitrogen and oxygen atoms in total. The summed E-state index contributed by atoms with van der Waals surface area (Å²) in [6.45, 7) is 1.14. The summed E-state index contributed by atoms with van der Waals surface area (Å²) in [4.78, 5) is 23.0. The van der Waals surface area contributed by atoms with Gasteiger partial charge in [0, 0.05) is 19.0 Å². The zero-order valence-corrected chi connectivity index (χ0v) is 14.5. The van der Waals surface area contributed by atoms with Crippen LogP contribution in [0.3, 0.4) is 0 Å². The summed E-state index contributed by atoms with van der Waals surface area (Å²) in [7, 11) is 0. The van der Waals surface area contributed by atoms with Crippen molar-refractivity contribution in [2.24, 2.45) is 0 Å². The third-order valence-corrected chi connectivity index (χ3v) is 4.76. The molecule has 138 valence electrons. The van der Waals surface area contributed by atoms with Crippen LogP contribution in [0.15, 0.2) is 49.1 Å². The molecule has 1 aromatic carbocycles. The van der Waals surface area contributed by atoms with E-state index in [2.05, 4.69) is 15.1 Å².